The number of nitrogens with zero attached hydrogens (tertiary/aromatic N) is 2. The van der Waals surface area contributed by atoms with Crippen molar-refractivity contribution in [1.29, 1.82) is 0 Å². The molecule has 1 fully saturated rings. The average Bonchev–Trinajstić information content (AvgIpc) is 2.67. The van der Waals surface area contributed by atoms with Crippen molar-refractivity contribution in [2.45, 2.75) is 52.3 Å². The first kappa shape index (κ1) is 22.4. The molecule has 1 aliphatic carbocycles. The topological polar surface area (TPSA) is 154 Å². The molecule has 0 unspecified atom stereocenters. The summed E-state index contributed by atoms with van der Waals surface area (Å²) in [7, 11) is -11.7. The molecule has 0 amide bonds. The summed E-state index contributed by atoms with van der Waals surface area (Å²) in [5.74, 6) is 0. The Balaban J connectivity index is 1.91. The first-order valence-electron chi connectivity index (χ1n) is 9.09. The van der Waals surface area contributed by atoms with Crippen LogP contribution in [0.3, 0.4) is 0 Å². The van der Waals surface area contributed by atoms with Gasteiger partial charge in [-0.2, -0.15) is 0 Å². The molecule has 3 rings (SSSR count). The normalized spacial score (nSPS) is 16.3. The Bertz CT molecular complexity index is 1250. The molecule has 1 aliphatic rings. The number of benzene rings is 1. The zero-order chi connectivity index (χ0) is 22.2. The van der Waals surface area contributed by atoms with Crippen LogP contribution in [0, 0.1) is 5.21 Å². The van der Waals surface area contributed by atoms with E-state index in [-0.39, 0.29) is 15.4 Å². The zero-order valence-electron chi connectivity index (χ0n) is 16.1. The maximum absolute atomic E-state index is 12.7. The van der Waals surface area contributed by atoms with Gasteiger partial charge in [0.25, 0.3) is 0 Å². The highest BCUT2D eigenvalue weighted by molar-refractivity contribution is 7.92. The number of anilines is 1. The van der Waals surface area contributed by atoms with Gasteiger partial charge in [0.05, 0.1) is 16.4 Å². The van der Waals surface area contributed by atoms with E-state index in [4.69, 9.17) is 0 Å². The quantitative estimate of drug-likeness (QED) is 0.480. The van der Waals surface area contributed by atoms with Crippen LogP contribution in [0.1, 0.15) is 32.1 Å². The first-order valence-corrected chi connectivity index (χ1v) is 14.0. The molecule has 2 aromatic rings. The molecule has 10 nitrogen and oxygen atoms in total. The Morgan fingerprint density at radius 3 is 2.07 bits per heavy atom. The van der Waals surface area contributed by atoms with Gasteiger partial charge in [-0.3, -0.25) is 4.72 Å². The van der Waals surface area contributed by atoms with Gasteiger partial charge in [0.15, 0.2) is 0 Å². The van der Waals surface area contributed by atoms with Gasteiger partial charge in [0.2, 0.25) is 34.7 Å². The molecule has 0 atom stereocenters. The summed E-state index contributed by atoms with van der Waals surface area (Å²) < 4.78 is 75.6. The molecule has 0 bridgehead atoms. The second kappa shape index (κ2) is 8.12. The third-order valence-corrected chi connectivity index (χ3v) is 9.26. The Morgan fingerprint density at radius 2 is 1.53 bits per heavy atom. The molecule has 0 aliphatic heterocycles. The largest absolute Gasteiger partial charge is 0.593 e. The predicted molar refractivity (Wildman–Crippen MR) is 108 cm³/mol. The smallest absolute Gasteiger partial charge is 0.335 e. The van der Waals surface area contributed by atoms with Gasteiger partial charge in [-0.1, -0.05) is 19.3 Å². The van der Waals surface area contributed by atoms with E-state index >= 15 is 0 Å². The third-order valence-electron chi connectivity index (χ3n) is 4.77. The lowest BCUT2D eigenvalue weighted by atomic mass is 10.0. The lowest BCUT2D eigenvalue weighted by molar-refractivity contribution is -0.711. The van der Waals surface area contributed by atoms with Crippen LogP contribution in [-0.4, -0.2) is 41.9 Å². The summed E-state index contributed by atoms with van der Waals surface area (Å²) in [5, 5.41) is 13.9. The van der Waals surface area contributed by atoms with Gasteiger partial charge < -0.3 is 5.21 Å². The molecule has 1 aromatic heterocycles. The minimum atomic E-state index is -4.21. The molecule has 0 saturated heterocycles. The van der Waals surface area contributed by atoms with E-state index in [1.165, 1.54) is 12.1 Å². The van der Waals surface area contributed by atoms with E-state index < -0.39 is 45.0 Å². The van der Waals surface area contributed by atoms with Crippen molar-refractivity contribution in [3.05, 3.63) is 41.6 Å². The molecule has 1 saturated carbocycles. The van der Waals surface area contributed by atoms with Crippen LogP contribution < -0.4 is 9.57 Å². The molecule has 13 heteroatoms. The average molecular weight is 476 g/mol. The number of sulfone groups is 2. The van der Waals surface area contributed by atoms with Gasteiger partial charge in [0, 0.05) is 16.9 Å². The monoisotopic (exact) mass is 475 g/mol. The van der Waals surface area contributed by atoms with Gasteiger partial charge in [-0.15, -0.1) is 0 Å². The van der Waals surface area contributed by atoms with Gasteiger partial charge in [-0.05, 0) is 48.0 Å². The minimum absolute atomic E-state index is 0.156. The van der Waals surface area contributed by atoms with Crippen LogP contribution in [0.15, 0.2) is 51.3 Å². The van der Waals surface area contributed by atoms with Gasteiger partial charge >= 0.3 is 5.03 Å². The number of rotatable bonds is 6. The summed E-state index contributed by atoms with van der Waals surface area (Å²) in [6.07, 6.45) is 4.32. The van der Waals surface area contributed by atoms with Crippen molar-refractivity contribution < 1.29 is 30.1 Å². The predicted octanol–water partition coefficient (Wildman–Crippen LogP) is 1.03. The molecule has 1 heterocycles. The van der Waals surface area contributed by atoms with E-state index in [0.29, 0.717) is 12.8 Å². The number of nitrogens with one attached hydrogen (secondary N) is 1. The van der Waals surface area contributed by atoms with Crippen LogP contribution >= 0.6 is 0 Å². The van der Waals surface area contributed by atoms with Gasteiger partial charge in [0.1, 0.15) is 0 Å². The van der Waals surface area contributed by atoms with E-state index in [9.17, 15) is 30.5 Å². The van der Waals surface area contributed by atoms with Crippen LogP contribution in [0.2, 0.25) is 0 Å². The second-order valence-corrected chi connectivity index (χ2v) is 12.9. The van der Waals surface area contributed by atoms with E-state index in [0.717, 1.165) is 49.8 Å². The van der Waals surface area contributed by atoms with Crippen molar-refractivity contribution >= 4 is 35.4 Å². The highest BCUT2D eigenvalue weighted by Crippen LogP contribution is 2.28. The molecular weight excluding hydrogens is 454 g/mol. The lowest BCUT2D eigenvalue weighted by Crippen LogP contribution is -2.42. The first-order chi connectivity index (χ1) is 13.9. The van der Waals surface area contributed by atoms with E-state index in [2.05, 4.69) is 9.82 Å². The van der Waals surface area contributed by atoms with Gasteiger partial charge in [-0.25, -0.2) is 25.3 Å². The summed E-state index contributed by atoms with van der Waals surface area (Å²) in [6, 6.07) is 6.78. The Kier molecular flexibility index (Phi) is 6.07. The Morgan fingerprint density at radius 1 is 0.933 bits per heavy atom. The molecule has 164 valence electrons. The summed E-state index contributed by atoms with van der Waals surface area (Å²) in [6.45, 7) is 0. The summed E-state index contributed by atoms with van der Waals surface area (Å²) >= 11 is 0. The Labute approximate surface area is 175 Å². The highest BCUT2D eigenvalue weighted by Gasteiger charge is 2.36. The number of hydrogen-bond donors (Lipinski definition) is 1. The Hall–Kier alpha value is -2.25. The summed E-state index contributed by atoms with van der Waals surface area (Å²) in [4.78, 5) is -0.381. The SMILES string of the molecule is CS(=O)(=O)Nc1ccc(S(=O)(=O)c2ccc(S(=O)(=O)C3CCCCC3)[n+]([O-])n2)cc1. The molecular formula is C17H21N3O7S3. The van der Waals surface area contributed by atoms with Crippen LogP contribution in [-0.2, 0) is 29.7 Å². The van der Waals surface area contributed by atoms with Crippen molar-refractivity contribution in [2.24, 2.45) is 0 Å². The number of aromatic nitrogens is 2. The van der Waals surface area contributed by atoms with Crippen molar-refractivity contribution in [2.75, 3.05) is 11.0 Å². The van der Waals surface area contributed by atoms with Crippen molar-refractivity contribution in [3.63, 3.8) is 0 Å². The lowest BCUT2D eigenvalue weighted by Gasteiger charge is -2.20. The van der Waals surface area contributed by atoms with Crippen LogP contribution in [0.25, 0.3) is 0 Å². The maximum atomic E-state index is 12.7. The fraction of sp³-hybridized carbons (Fsp3) is 0.412. The minimum Gasteiger partial charge on any atom is -0.593 e. The fourth-order valence-electron chi connectivity index (χ4n) is 3.31. The van der Waals surface area contributed by atoms with E-state index in [1.807, 2.05) is 0 Å². The fourth-order valence-corrected chi connectivity index (χ4v) is 6.85. The van der Waals surface area contributed by atoms with Crippen molar-refractivity contribution in [1.82, 2.24) is 5.10 Å². The molecule has 1 N–H and O–H groups in total. The standard InChI is InChI=1S/C17H21N3O7S3/c1-28(22,23)19-13-7-9-15(10-8-13)29(24,25)16-11-12-17(20(21)18-16)30(26,27)14-5-3-2-4-6-14/h7-12,14,19H,2-6H2,1H3. The maximum Gasteiger partial charge on any atom is 0.335 e. The highest BCUT2D eigenvalue weighted by atomic mass is 32.2. The van der Waals surface area contributed by atoms with Crippen LogP contribution in [0.5, 0.6) is 0 Å². The van der Waals surface area contributed by atoms with E-state index in [1.54, 1.807) is 0 Å². The van der Waals surface area contributed by atoms with Crippen molar-refractivity contribution in [3.8, 4) is 0 Å². The number of sulfonamides is 1. The number of hydrogen-bond acceptors (Lipinski definition) is 8. The molecule has 0 spiro atoms. The second-order valence-electron chi connectivity index (χ2n) is 7.09. The molecule has 30 heavy (non-hydrogen) atoms. The molecule has 0 radical (unpaired) electrons. The summed E-state index contributed by atoms with van der Waals surface area (Å²) in [5.41, 5.74) is 0.164. The zero-order valence-corrected chi connectivity index (χ0v) is 18.5. The van der Waals surface area contributed by atoms with Crippen LogP contribution in [0.4, 0.5) is 5.69 Å². The molecule has 1 aromatic carbocycles. The third kappa shape index (κ3) is 4.73.